The Kier molecular flexibility index (Phi) is 2.85. The van der Waals surface area contributed by atoms with Crippen molar-refractivity contribution in [1.29, 1.82) is 0 Å². The van der Waals surface area contributed by atoms with E-state index >= 15 is 0 Å². The molecule has 16 heavy (non-hydrogen) atoms. The molecule has 2 rings (SSSR count). The van der Waals surface area contributed by atoms with Crippen molar-refractivity contribution < 1.29 is 0 Å². The summed E-state index contributed by atoms with van der Waals surface area (Å²) in [7, 11) is 3.89. The summed E-state index contributed by atoms with van der Waals surface area (Å²) in [5.41, 5.74) is 1.15. The first-order valence-electron chi connectivity index (χ1n) is 5.17. The third kappa shape index (κ3) is 2.03. The molecule has 0 spiro atoms. The van der Waals surface area contributed by atoms with E-state index in [4.69, 9.17) is 0 Å². The van der Waals surface area contributed by atoms with Crippen LogP contribution in [-0.4, -0.2) is 26.8 Å². The zero-order chi connectivity index (χ0) is 11.5. The fourth-order valence-corrected chi connectivity index (χ4v) is 1.53. The molecule has 0 unspecified atom stereocenters. The fourth-order valence-electron chi connectivity index (χ4n) is 1.53. The molecule has 2 heterocycles. The highest BCUT2D eigenvalue weighted by molar-refractivity contribution is 5.32. The standard InChI is InChI=1S/C11H15N5/c1-9(10-7-14-15(2)8-10)16(3)11-12-5-4-6-13-11/h4-9H,1-3H3/t9-/m0/s1. The van der Waals surface area contributed by atoms with Gasteiger partial charge in [-0.15, -0.1) is 0 Å². The van der Waals surface area contributed by atoms with Crippen LogP contribution >= 0.6 is 0 Å². The zero-order valence-electron chi connectivity index (χ0n) is 9.70. The number of hydrogen-bond donors (Lipinski definition) is 0. The Labute approximate surface area is 94.8 Å². The molecule has 2 aromatic rings. The Morgan fingerprint density at radius 3 is 2.56 bits per heavy atom. The van der Waals surface area contributed by atoms with Gasteiger partial charge in [0.15, 0.2) is 0 Å². The van der Waals surface area contributed by atoms with E-state index in [0.717, 1.165) is 11.5 Å². The fraction of sp³-hybridized carbons (Fsp3) is 0.364. The summed E-state index contributed by atoms with van der Waals surface area (Å²) in [6.45, 7) is 2.10. The predicted molar refractivity (Wildman–Crippen MR) is 62.1 cm³/mol. The molecule has 0 aliphatic rings. The van der Waals surface area contributed by atoms with E-state index in [1.807, 2.05) is 37.5 Å². The number of aromatic nitrogens is 4. The topological polar surface area (TPSA) is 46.8 Å². The molecule has 0 bridgehead atoms. The van der Waals surface area contributed by atoms with Crippen LogP contribution in [0.5, 0.6) is 0 Å². The van der Waals surface area contributed by atoms with E-state index in [1.165, 1.54) is 0 Å². The van der Waals surface area contributed by atoms with Gasteiger partial charge in [-0.25, -0.2) is 9.97 Å². The largest absolute Gasteiger partial charge is 0.337 e. The van der Waals surface area contributed by atoms with Gasteiger partial charge in [0.25, 0.3) is 0 Å². The summed E-state index contributed by atoms with van der Waals surface area (Å²) < 4.78 is 1.80. The maximum Gasteiger partial charge on any atom is 0.225 e. The highest BCUT2D eigenvalue weighted by atomic mass is 15.3. The van der Waals surface area contributed by atoms with E-state index in [-0.39, 0.29) is 6.04 Å². The minimum absolute atomic E-state index is 0.205. The van der Waals surface area contributed by atoms with E-state index in [0.29, 0.717) is 0 Å². The summed E-state index contributed by atoms with van der Waals surface area (Å²) in [6.07, 6.45) is 7.36. The Balaban J connectivity index is 2.19. The third-order valence-corrected chi connectivity index (χ3v) is 2.66. The Morgan fingerprint density at radius 2 is 2.00 bits per heavy atom. The molecule has 0 aromatic carbocycles. The molecule has 84 valence electrons. The number of anilines is 1. The number of nitrogens with zero attached hydrogens (tertiary/aromatic N) is 5. The molecule has 0 amide bonds. The van der Waals surface area contributed by atoms with Crippen LogP contribution < -0.4 is 4.90 Å². The second-order valence-corrected chi connectivity index (χ2v) is 3.78. The predicted octanol–water partition coefficient (Wildman–Crippen LogP) is 1.41. The number of rotatable bonds is 3. The summed E-state index contributed by atoms with van der Waals surface area (Å²) >= 11 is 0. The molecule has 0 saturated carbocycles. The quantitative estimate of drug-likeness (QED) is 0.779. The molecule has 0 aliphatic carbocycles. The van der Waals surface area contributed by atoms with Gasteiger partial charge in [-0.05, 0) is 13.0 Å². The molecule has 0 radical (unpaired) electrons. The molecule has 0 aliphatic heterocycles. The van der Waals surface area contributed by atoms with E-state index in [2.05, 4.69) is 22.0 Å². The van der Waals surface area contributed by atoms with E-state index in [9.17, 15) is 0 Å². The van der Waals surface area contributed by atoms with Crippen LogP contribution in [0.4, 0.5) is 5.95 Å². The Hall–Kier alpha value is -1.91. The highest BCUT2D eigenvalue weighted by Crippen LogP contribution is 2.20. The minimum Gasteiger partial charge on any atom is -0.337 e. The average molecular weight is 217 g/mol. The second kappa shape index (κ2) is 4.30. The maximum absolute atomic E-state index is 4.22. The van der Waals surface area contributed by atoms with Crippen molar-refractivity contribution in [3.63, 3.8) is 0 Å². The molecule has 1 atom stereocenters. The van der Waals surface area contributed by atoms with Crippen molar-refractivity contribution in [2.75, 3.05) is 11.9 Å². The van der Waals surface area contributed by atoms with Gasteiger partial charge in [-0.3, -0.25) is 4.68 Å². The smallest absolute Gasteiger partial charge is 0.225 e. The van der Waals surface area contributed by atoms with E-state index < -0.39 is 0 Å². The van der Waals surface area contributed by atoms with Crippen molar-refractivity contribution in [2.24, 2.45) is 7.05 Å². The summed E-state index contributed by atoms with van der Waals surface area (Å²) in [5, 5.41) is 4.16. The first kappa shape index (κ1) is 10.6. The lowest BCUT2D eigenvalue weighted by molar-refractivity contribution is 0.711. The molecule has 2 aromatic heterocycles. The van der Waals surface area contributed by atoms with Crippen LogP contribution in [0, 0.1) is 0 Å². The first-order valence-corrected chi connectivity index (χ1v) is 5.17. The van der Waals surface area contributed by atoms with Crippen LogP contribution in [0.3, 0.4) is 0 Å². The zero-order valence-corrected chi connectivity index (χ0v) is 9.70. The monoisotopic (exact) mass is 217 g/mol. The second-order valence-electron chi connectivity index (χ2n) is 3.78. The minimum atomic E-state index is 0.205. The van der Waals surface area contributed by atoms with Crippen LogP contribution in [0.2, 0.25) is 0 Å². The molecule has 5 heteroatoms. The van der Waals surface area contributed by atoms with Gasteiger partial charge in [-0.1, -0.05) is 0 Å². The van der Waals surface area contributed by atoms with E-state index in [1.54, 1.807) is 17.1 Å². The number of aryl methyl sites for hydroxylation is 1. The van der Waals surface area contributed by atoms with Crippen LogP contribution in [0.1, 0.15) is 18.5 Å². The molecule has 0 N–H and O–H groups in total. The molecule has 5 nitrogen and oxygen atoms in total. The lowest BCUT2D eigenvalue weighted by Gasteiger charge is -2.23. The van der Waals surface area contributed by atoms with Gasteiger partial charge in [0.1, 0.15) is 0 Å². The van der Waals surface area contributed by atoms with Crippen molar-refractivity contribution in [2.45, 2.75) is 13.0 Å². The Morgan fingerprint density at radius 1 is 1.31 bits per heavy atom. The van der Waals surface area contributed by atoms with Crippen molar-refractivity contribution in [1.82, 2.24) is 19.7 Å². The molecular weight excluding hydrogens is 202 g/mol. The van der Waals surface area contributed by atoms with Gasteiger partial charge >= 0.3 is 0 Å². The van der Waals surface area contributed by atoms with Gasteiger partial charge in [0.05, 0.1) is 12.2 Å². The van der Waals surface area contributed by atoms with Gasteiger partial charge in [0, 0.05) is 38.2 Å². The summed E-state index contributed by atoms with van der Waals surface area (Å²) in [6, 6.07) is 2.02. The van der Waals surface area contributed by atoms with Crippen molar-refractivity contribution in [3.05, 3.63) is 36.4 Å². The molecule has 0 saturated heterocycles. The van der Waals surface area contributed by atoms with Crippen LogP contribution in [0.25, 0.3) is 0 Å². The maximum atomic E-state index is 4.22. The Bertz CT molecular complexity index is 450. The van der Waals surface area contributed by atoms with Crippen LogP contribution in [0.15, 0.2) is 30.9 Å². The summed E-state index contributed by atoms with van der Waals surface area (Å²) in [5.74, 6) is 0.721. The highest BCUT2D eigenvalue weighted by Gasteiger charge is 2.15. The SMILES string of the molecule is C[C@@H](c1cnn(C)c1)N(C)c1ncccn1. The average Bonchev–Trinajstić information content (AvgIpc) is 2.75. The van der Waals surface area contributed by atoms with Crippen LogP contribution in [-0.2, 0) is 7.05 Å². The molecule has 0 fully saturated rings. The van der Waals surface area contributed by atoms with Gasteiger partial charge < -0.3 is 4.90 Å². The molecular formula is C11H15N5. The lowest BCUT2D eigenvalue weighted by Crippen LogP contribution is -2.23. The first-order chi connectivity index (χ1) is 7.68. The van der Waals surface area contributed by atoms with Gasteiger partial charge in [0.2, 0.25) is 5.95 Å². The summed E-state index contributed by atoms with van der Waals surface area (Å²) in [4.78, 5) is 10.5. The normalized spacial score (nSPS) is 12.4. The van der Waals surface area contributed by atoms with Crippen molar-refractivity contribution in [3.8, 4) is 0 Å². The van der Waals surface area contributed by atoms with Crippen molar-refractivity contribution >= 4 is 5.95 Å². The third-order valence-electron chi connectivity index (χ3n) is 2.66. The number of hydrogen-bond acceptors (Lipinski definition) is 4. The van der Waals surface area contributed by atoms with Gasteiger partial charge in [-0.2, -0.15) is 5.10 Å². The lowest BCUT2D eigenvalue weighted by atomic mass is 10.2.